The third kappa shape index (κ3) is 7.50. The van der Waals surface area contributed by atoms with Crippen LogP contribution in [0, 0.1) is 19.8 Å². The van der Waals surface area contributed by atoms with Crippen LogP contribution in [-0.4, -0.2) is 70.7 Å². The normalized spacial score (nSPS) is 12.0. The van der Waals surface area contributed by atoms with E-state index in [4.69, 9.17) is 14.4 Å². The van der Waals surface area contributed by atoms with Crippen LogP contribution in [0.25, 0.3) is 22.8 Å². The molecule has 0 aliphatic rings. The molecule has 1 aromatic carbocycles. The van der Waals surface area contributed by atoms with Crippen LogP contribution in [0.3, 0.4) is 0 Å². The van der Waals surface area contributed by atoms with Crippen molar-refractivity contribution in [1.29, 1.82) is 0 Å². The molecular formula is C27H37N5O5. The number of pyridine rings is 1. The summed E-state index contributed by atoms with van der Waals surface area (Å²) in [4.78, 5) is 22.6. The molecule has 200 valence electrons. The first-order valence-corrected chi connectivity index (χ1v) is 12.5. The van der Waals surface area contributed by atoms with Crippen LogP contribution >= 0.6 is 0 Å². The highest BCUT2D eigenvalue weighted by atomic mass is 16.5. The molecule has 0 saturated heterocycles. The van der Waals surface area contributed by atoms with Crippen LogP contribution in [0.5, 0.6) is 5.75 Å². The first-order valence-electron chi connectivity index (χ1n) is 12.5. The molecule has 0 spiro atoms. The summed E-state index contributed by atoms with van der Waals surface area (Å²) in [6.45, 7) is 10.5. The minimum Gasteiger partial charge on any atom is -0.490 e. The molecule has 1 atom stereocenters. The molecule has 3 rings (SSSR count). The van der Waals surface area contributed by atoms with Gasteiger partial charge in [0.15, 0.2) is 0 Å². The predicted octanol–water partition coefficient (Wildman–Crippen LogP) is 2.92. The fraction of sp³-hybridized carbons (Fsp3) is 0.481. The summed E-state index contributed by atoms with van der Waals surface area (Å²) >= 11 is 0. The van der Waals surface area contributed by atoms with Gasteiger partial charge in [0.1, 0.15) is 30.9 Å². The second kappa shape index (κ2) is 12.6. The van der Waals surface area contributed by atoms with E-state index < -0.39 is 18.6 Å². The van der Waals surface area contributed by atoms with Crippen LogP contribution in [0.2, 0.25) is 0 Å². The van der Waals surface area contributed by atoms with Gasteiger partial charge in [-0.2, -0.15) is 4.98 Å². The minimum absolute atomic E-state index is 0.000234. The number of hydrogen-bond acceptors (Lipinski definition) is 9. The number of rotatable bonds is 12. The molecule has 3 aromatic rings. The lowest BCUT2D eigenvalue weighted by molar-refractivity contribution is -0.124. The number of hydrogen-bond donors (Lipinski definition) is 3. The second-order valence-electron chi connectivity index (χ2n) is 9.61. The number of aliphatic hydroxyl groups excluding tert-OH is 2. The third-order valence-electron chi connectivity index (χ3n) is 5.73. The van der Waals surface area contributed by atoms with E-state index >= 15 is 0 Å². The van der Waals surface area contributed by atoms with E-state index in [0.29, 0.717) is 29.8 Å². The zero-order valence-electron chi connectivity index (χ0n) is 22.4. The van der Waals surface area contributed by atoms with Crippen LogP contribution in [0.4, 0.5) is 5.82 Å². The van der Waals surface area contributed by atoms with Crippen LogP contribution in [-0.2, 0) is 11.2 Å². The van der Waals surface area contributed by atoms with E-state index in [1.807, 2.05) is 52.1 Å². The van der Waals surface area contributed by atoms with E-state index in [1.165, 1.54) is 0 Å². The molecule has 0 fully saturated rings. The lowest BCUT2D eigenvalue weighted by Gasteiger charge is -2.21. The zero-order valence-corrected chi connectivity index (χ0v) is 22.4. The Hall–Kier alpha value is -3.50. The Kier molecular flexibility index (Phi) is 9.60. The molecule has 0 radical (unpaired) electrons. The number of carbonyl (C=O) groups excluding carboxylic acids is 1. The second-order valence-corrected chi connectivity index (χ2v) is 9.61. The molecular weight excluding hydrogens is 474 g/mol. The summed E-state index contributed by atoms with van der Waals surface area (Å²) < 4.78 is 11.5. The molecule has 0 aliphatic carbocycles. The number of anilines is 1. The van der Waals surface area contributed by atoms with Crippen molar-refractivity contribution in [3.63, 3.8) is 0 Å². The Labute approximate surface area is 217 Å². The van der Waals surface area contributed by atoms with Gasteiger partial charge < -0.3 is 29.7 Å². The van der Waals surface area contributed by atoms with Crippen LogP contribution in [0.1, 0.15) is 37.6 Å². The largest absolute Gasteiger partial charge is 0.490 e. The molecule has 1 unspecified atom stereocenters. The van der Waals surface area contributed by atoms with E-state index in [-0.39, 0.29) is 13.2 Å². The van der Waals surface area contributed by atoms with Crippen molar-refractivity contribution in [2.45, 2.75) is 47.1 Å². The number of aliphatic hydroxyl groups is 2. The molecule has 0 aliphatic heterocycles. The first kappa shape index (κ1) is 28.1. The highest BCUT2D eigenvalue weighted by Gasteiger charge is 2.18. The van der Waals surface area contributed by atoms with Gasteiger partial charge in [-0.15, -0.1) is 0 Å². The molecule has 1 amide bonds. The molecule has 2 aromatic heterocycles. The molecule has 0 saturated carbocycles. The van der Waals surface area contributed by atoms with E-state index in [9.17, 15) is 9.90 Å². The third-order valence-corrected chi connectivity index (χ3v) is 5.73. The lowest BCUT2D eigenvalue weighted by Crippen LogP contribution is -2.36. The van der Waals surface area contributed by atoms with Gasteiger partial charge >= 0.3 is 0 Å². The Morgan fingerprint density at radius 1 is 1.16 bits per heavy atom. The van der Waals surface area contributed by atoms with Crippen molar-refractivity contribution < 1.29 is 24.3 Å². The Bertz CT molecular complexity index is 1210. The zero-order chi connectivity index (χ0) is 27.1. The number of amides is 1. The SMILES string of the molecule is CCc1cc(-c2noc(-c3cc(C)nc(N(C)CC(C)C)c3)n2)cc(C)c1OCC(O)CNC(=O)CO. The number of ether oxygens (including phenoxy) is 1. The summed E-state index contributed by atoms with van der Waals surface area (Å²) in [5.74, 6) is 2.37. The quantitative estimate of drug-likeness (QED) is 0.335. The predicted molar refractivity (Wildman–Crippen MR) is 142 cm³/mol. The number of benzene rings is 1. The van der Waals surface area contributed by atoms with Gasteiger partial charge in [-0.1, -0.05) is 25.9 Å². The Morgan fingerprint density at radius 2 is 1.92 bits per heavy atom. The van der Waals surface area contributed by atoms with Crippen molar-refractivity contribution in [2.24, 2.45) is 5.92 Å². The van der Waals surface area contributed by atoms with Crippen molar-refractivity contribution in [1.82, 2.24) is 20.4 Å². The maximum atomic E-state index is 11.2. The molecule has 2 heterocycles. The maximum Gasteiger partial charge on any atom is 0.258 e. The molecule has 3 N–H and O–H groups in total. The van der Waals surface area contributed by atoms with Crippen molar-refractivity contribution in [3.8, 4) is 28.6 Å². The number of nitrogens with one attached hydrogen (secondary N) is 1. The average Bonchev–Trinajstić information content (AvgIpc) is 3.35. The monoisotopic (exact) mass is 511 g/mol. The summed E-state index contributed by atoms with van der Waals surface area (Å²) in [5, 5.41) is 25.5. The molecule has 0 bridgehead atoms. The smallest absolute Gasteiger partial charge is 0.258 e. The van der Waals surface area contributed by atoms with Gasteiger partial charge in [-0.3, -0.25) is 4.79 Å². The standard InChI is InChI=1S/C27H37N5O5/c1-7-19-10-20(8-17(4)25(19)36-15-22(34)12-28-24(35)14-33)26-30-27(37-31-26)21-9-18(5)29-23(11-21)32(6)13-16(2)3/h8-11,16,22,33-34H,7,12-15H2,1-6H3,(H,28,35). The summed E-state index contributed by atoms with van der Waals surface area (Å²) in [6.07, 6.45) is -0.214. The Morgan fingerprint density at radius 3 is 2.59 bits per heavy atom. The Balaban J connectivity index is 1.80. The van der Waals surface area contributed by atoms with Crippen molar-refractivity contribution in [2.75, 3.05) is 38.3 Å². The number of aromatic nitrogens is 3. The van der Waals surface area contributed by atoms with Gasteiger partial charge in [0, 0.05) is 37.0 Å². The molecule has 10 nitrogen and oxygen atoms in total. The number of aryl methyl sites for hydroxylation is 3. The molecule has 10 heteroatoms. The topological polar surface area (TPSA) is 134 Å². The maximum absolute atomic E-state index is 11.2. The van der Waals surface area contributed by atoms with E-state index in [0.717, 1.165) is 40.3 Å². The van der Waals surface area contributed by atoms with Gasteiger partial charge in [-0.05, 0) is 61.6 Å². The summed E-state index contributed by atoms with van der Waals surface area (Å²) in [5.41, 5.74) is 4.28. The highest BCUT2D eigenvalue weighted by Crippen LogP contribution is 2.32. The first-order chi connectivity index (χ1) is 17.6. The lowest BCUT2D eigenvalue weighted by atomic mass is 10.0. The number of carbonyl (C=O) groups is 1. The summed E-state index contributed by atoms with van der Waals surface area (Å²) in [7, 11) is 2.02. The van der Waals surface area contributed by atoms with Crippen molar-refractivity contribution >= 4 is 11.7 Å². The fourth-order valence-corrected chi connectivity index (χ4v) is 4.04. The number of nitrogens with zero attached hydrogens (tertiary/aromatic N) is 4. The van der Waals surface area contributed by atoms with Crippen LogP contribution in [0.15, 0.2) is 28.8 Å². The summed E-state index contributed by atoms with van der Waals surface area (Å²) in [6, 6.07) is 7.76. The van der Waals surface area contributed by atoms with Gasteiger partial charge in [-0.25, -0.2) is 4.98 Å². The fourth-order valence-electron chi connectivity index (χ4n) is 4.04. The van der Waals surface area contributed by atoms with Gasteiger partial charge in [0.25, 0.3) is 5.89 Å². The van der Waals surface area contributed by atoms with Crippen LogP contribution < -0.4 is 15.0 Å². The van der Waals surface area contributed by atoms with Gasteiger partial charge in [0.2, 0.25) is 11.7 Å². The van der Waals surface area contributed by atoms with E-state index in [1.54, 1.807) is 0 Å². The minimum atomic E-state index is -0.910. The average molecular weight is 512 g/mol. The van der Waals surface area contributed by atoms with Gasteiger partial charge in [0.05, 0.1) is 0 Å². The van der Waals surface area contributed by atoms with Crippen molar-refractivity contribution in [3.05, 3.63) is 41.1 Å². The highest BCUT2D eigenvalue weighted by molar-refractivity contribution is 5.76. The molecule has 37 heavy (non-hydrogen) atoms. The van der Waals surface area contributed by atoms with E-state index in [2.05, 4.69) is 39.2 Å².